The summed E-state index contributed by atoms with van der Waals surface area (Å²) < 4.78 is 2.27. The highest BCUT2D eigenvalue weighted by Crippen LogP contribution is 2.31. The van der Waals surface area contributed by atoms with Gasteiger partial charge in [-0.25, -0.2) is 14.5 Å². The molecule has 30 heavy (non-hydrogen) atoms. The van der Waals surface area contributed by atoms with Crippen LogP contribution in [0.3, 0.4) is 0 Å². The molecule has 1 N–H and O–H groups in total. The number of aromatic nitrogens is 2. The summed E-state index contributed by atoms with van der Waals surface area (Å²) in [5.41, 5.74) is 7.52. The van der Waals surface area contributed by atoms with Gasteiger partial charge in [0, 0.05) is 36.3 Å². The first-order chi connectivity index (χ1) is 14.4. The zero-order chi connectivity index (χ0) is 21.5. The predicted octanol–water partition coefficient (Wildman–Crippen LogP) is 5.82. The monoisotopic (exact) mass is 405 g/mol. The van der Waals surface area contributed by atoms with E-state index in [2.05, 4.69) is 66.8 Å². The van der Waals surface area contributed by atoms with Crippen molar-refractivity contribution in [3.05, 3.63) is 64.6 Å². The summed E-state index contributed by atoms with van der Waals surface area (Å²) in [5, 5.41) is 3.50. The van der Waals surface area contributed by atoms with E-state index in [4.69, 9.17) is 4.98 Å². The molecule has 3 rings (SSSR count). The van der Waals surface area contributed by atoms with Gasteiger partial charge in [-0.3, -0.25) is 0 Å². The van der Waals surface area contributed by atoms with Crippen LogP contribution in [0.2, 0.25) is 0 Å². The Balaban J connectivity index is 1.76. The summed E-state index contributed by atoms with van der Waals surface area (Å²) >= 11 is 0. The van der Waals surface area contributed by atoms with E-state index in [9.17, 15) is 0 Å². The lowest BCUT2D eigenvalue weighted by atomic mass is 9.87. The number of nitrogens with one attached hydrogen (secondary N) is 1. The summed E-state index contributed by atoms with van der Waals surface area (Å²) in [6.07, 6.45) is 16.1. The molecule has 0 radical (unpaired) electrons. The van der Waals surface area contributed by atoms with Crippen LogP contribution in [0.25, 0.3) is 0 Å². The first-order valence-electron chi connectivity index (χ1n) is 11.3. The topological polar surface area (TPSA) is 40.8 Å². The van der Waals surface area contributed by atoms with Gasteiger partial charge in [-0.05, 0) is 56.4 Å². The van der Waals surface area contributed by atoms with Crippen LogP contribution in [0.4, 0.5) is 5.95 Å². The molecule has 0 spiro atoms. The van der Waals surface area contributed by atoms with Crippen LogP contribution >= 0.6 is 0 Å². The van der Waals surface area contributed by atoms with Crippen molar-refractivity contribution in [2.24, 2.45) is 0 Å². The Morgan fingerprint density at radius 3 is 2.70 bits per heavy atom. The van der Waals surface area contributed by atoms with Gasteiger partial charge in [0.1, 0.15) is 13.6 Å². The lowest BCUT2D eigenvalue weighted by Crippen LogP contribution is -2.22. The Bertz CT molecular complexity index is 895. The van der Waals surface area contributed by atoms with E-state index in [0.29, 0.717) is 5.92 Å². The van der Waals surface area contributed by atoms with E-state index >= 15 is 0 Å². The van der Waals surface area contributed by atoms with Crippen molar-refractivity contribution in [3.8, 4) is 0 Å². The third kappa shape index (κ3) is 6.01. The van der Waals surface area contributed by atoms with Crippen molar-refractivity contribution in [1.29, 1.82) is 0 Å². The van der Waals surface area contributed by atoms with Crippen molar-refractivity contribution in [2.75, 3.05) is 25.5 Å². The largest absolute Gasteiger partial charge is 0.350 e. The molecule has 160 valence electrons. The highest BCUT2D eigenvalue weighted by Gasteiger charge is 2.19. The fourth-order valence-corrected chi connectivity index (χ4v) is 4.14. The first-order valence-corrected chi connectivity index (χ1v) is 11.3. The summed E-state index contributed by atoms with van der Waals surface area (Å²) in [6, 6.07) is 2.10. The third-order valence-electron chi connectivity index (χ3n) is 6.34. The number of anilines is 1. The van der Waals surface area contributed by atoms with Crippen molar-refractivity contribution in [1.82, 2.24) is 9.97 Å². The van der Waals surface area contributed by atoms with E-state index in [1.54, 1.807) is 0 Å². The molecule has 0 bridgehead atoms. The molecular formula is C26H37N4+. The zero-order valence-electron chi connectivity index (χ0n) is 19.2. The number of hydrogen-bond donors (Lipinski definition) is 1. The molecule has 1 fully saturated rings. The van der Waals surface area contributed by atoms with Crippen LogP contribution in [0, 0.1) is 0 Å². The van der Waals surface area contributed by atoms with Gasteiger partial charge in [0.2, 0.25) is 5.95 Å². The molecule has 2 heterocycles. The van der Waals surface area contributed by atoms with Crippen molar-refractivity contribution < 1.29 is 4.58 Å². The third-order valence-corrected chi connectivity index (χ3v) is 6.34. The zero-order valence-corrected chi connectivity index (χ0v) is 19.2. The highest BCUT2D eigenvalue weighted by molar-refractivity contribution is 5.83. The Kier molecular flexibility index (Phi) is 7.78. The molecule has 0 amide bonds. The second kappa shape index (κ2) is 10.5. The molecule has 4 heteroatoms. The van der Waals surface area contributed by atoms with Crippen LogP contribution in [0.15, 0.2) is 58.9 Å². The minimum Gasteiger partial charge on any atom is -0.350 e. The minimum atomic E-state index is 0.599. The van der Waals surface area contributed by atoms with Crippen molar-refractivity contribution >= 4 is 12.2 Å². The van der Waals surface area contributed by atoms with E-state index in [0.717, 1.165) is 31.0 Å². The Morgan fingerprint density at radius 1 is 1.20 bits per heavy atom. The van der Waals surface area contributed by atoms with Crippen LogP contribution in [-0.2, 0) is 0 Å². The molecule has 0 atom stereocenters. The maximum absolute atomic E-state index is 4.85. The molecule has 1 aromatic heterocycles. The molecule has 1 saturated carbocycles. The average Bonchev–Trinajstić information content (AvgIpc) is 2.77. The Morgan fingerprint density at radius 2 is 1.97 bits per heavy atom. The molecule has 1 aliphatic heterocycles. The van der Waals surface area contributed by atoms with Gasteiger partial charge in [0.25, 0.3) is 0 Å². The van der Waals surface area contributed by atoms with Gasteiger partial charge in [0.05, 0.1) is 0 Å². The van der Waals surface area contributed by atoms with Crippen LogP contribution < -0.4 is 5.32 Å². The summed E-state index contributed by atoms with van der Waals surface area (Å²) in [5.74, 6) is 1.35. The van der Waals surface area contributed by atoms with Crippen LogP contribution in [0.5, 0.6) is 0 Å². The van der Waals surface area contributed by atoms with E-state index < -0.39 is 0 Å². The summed E-state index contributed by atoms with van der Waals surface area (Å²) in [6.45, 7) is 12.2. The average molecular weight is 406 g/mol. The standard InChI is InChI=1S/C26H37N4/c1-19(2)20(3)11-12-21(4)24-18-30(5)16-14-23(24)17-28-26-27-15-13-25(29-26)22-9-7-6-8-10-22/h11-13,15,18,22H,1,6-10,14,16-17H2,2-5H3,(H,27,28,29)/q+1/b20-11-,21-12+. The van der Waals surface area contributed by atoms with Gasteiger partial charge in [-0.1, -0.05) is 43.6 Å². The van der Waals surface area contributed by atoms with E-state index in [1.807, 2.05) is 13.1 Å². The van der Waals surface area contributed by atoms with Crippen molar-refractivity contribution in [2.45, 2.75) is 65.2 Å². The smallest absolute Gasteiger partial charge is 0.223 e. The molecular weight excluding hydrogens is 368 g/mol. The quantitative estimate of drug-likeness (QED) is 0.459. The molecule has 0 unspecified atom stereocenters. The van der Waals surface area contributed by atoms with Gasteiger partial charge in [0.15, 0.2) is 6.21 Å². The summed E-state index contributed by atoms with van der Waals surface area (Å²) in [4.78, 5) is 9.33. The van der Waals surface area contributed by atoms with Gasteiger partial charge in [-0.15, -0.1) is 0 Å². The lowest BCUT2D eigenvalue weighted by Gasteiger charge is -2.21. The van der Waals surface area contributed by atoms with Gasteiger partial charge < -0.3 is 5.32 Å². The second-order valence-corrected chi connectivity index (χ2v) is 8.85. The van der Waals surface area contributed by atoms with Gasteiger partial charge >= 0.3 is 0 Å². The molecule has 2 aliphatic rings. The number of nitrogens with zero attached hydrogens (tertiary/aromatic N) is 3. The fraction of sp³-hybridized carbons (Fsp3) is 0.500. The second-order valence-electron chi connectivity index (χ2n) is 8.85. The van der Waals surface area contributed by atoms with Crippen molar-refractivity contribution in [3.63, 3.8) is 0 Å². The van der Waals surface area contributed by atoms with Crippen LogP contribution in [-0.4, -0.2) is 40.9 Å². The minimum absolute atomic E-state index is 0.599. The lowest BCUT2D eigenvalue weighted by molar-refractivity contribution is -0.492. The van der Waals surface area contributed by atoms with Gasteiger partial charge in [-0.2, -0.15) is 0 Å². The first kappa shape index (κ1) is 22.2. The highest BCUT2D eigenvalue weighted by atomic mass is 15.1. The fourth-order valence-electron chi connectivity index (χ4n) is 4.14. The Hall–Kier alpha value is -2.49. The predicted molar refractivity (Wildman–Crippen MR) is 127 cm³/mol. The van der Waals surface area contributed by atoms with Crippen LogP contribution in [0.1, 0.15) is 70.9 Å². The number of hydrogen-bond acceptors (Lipinski definition) is 3. The summed E-state index contributed by atoms with van der Waals surface area (Å²) in [7, 11) is 2.14. The molecule has 1 aliphatic carbocycles. The normalized spacial score (nSPS) is 19.0. The van der Waals surface area contributed by atoms with E-state index in [-0.39, 0.29) is 0 Å². The maximum Gasteiger partial charge on any atom is 0.223 e. The Labute approximate surface area is 182 Å². The number of rotatable bonds is 7. The molecule has 0 aromatic carbocycles. The number of allylic oxidation sites excluding steroid dienone is 6. The molecule has 1 aromatic rings. The SMILES string of the molecule is C=C(C)/C(C)=C\C=C(/C)C1=C(CNc2nccc(C3CCCCC3)n2)CC[N+](C)=C1. The van der Waals surface area contributed by atoms with E-state index in [1.165, 1.54) is 60.1 Å². The maximum atomic E-state index is 4.85. The molecule has 4 nitrogen and oxygen atoms in total. The molecule has 0 saturated heterocycles.